The van der Waals surface area contributed by atoms with Gasteiger partial charge in [-0.1, -0.05) is 0 Å². The zero-order chi connectivity index (χ0) is 9.90. The SMILES string of the molecule is CNCC(=O)N1CCS(=O)(=O)CC1. The molecule has 0 aliphatic carbocycles. The van der Waals surface area contributed by atoms with Crippen LogP contribution in [0, 0.1) is 0 Å². The number of carbonyl (C=O) groups excluding carboxylic acids is 1. The highest BCUT2D eigenvalue weighted by Crippen LogP contribution is 2.03. The van der Waals surface area contributed by atoms with E-state index in [0.717, 1.165) is 0 Å². The van der Waals surface area contributed by atoms with Crippen LogP contribution in [0.3, 0.4) is 0 Å². The average molecular weight is 206 g/mol. The van der Waals surface area contributed by atoms with E-state index in [9.17, 15) is 13.2 Å². The summed E-state index contributed by atoms with van der Waals surface area (Å²) in [5.41, 5.74) is 0. The first-order chi connectivity index (χ1) is 6.05. The van der Waals surface area contributed by atoms with E-state index in [1.165, 1.54) is 0 Å². The van der Waals surface area contributed by atoms with Crippen LogP contribution in [0.4, 0.5) is 0 Å². The van der Waals surface area contributed by atoms with E-state index in [0.29, 0.717) is 13.1 Å². The van der Waals surface area contributed by atoms with E-state index in [1.807, 2.05) is 0 Å². The van der Waals surface area contributed by atoms with Crippen molar-refractivity contribution >= 4 is 15.7 Å². The van der Waals surface area contributed by atoms with Crippen molar-refractivity contribution in [3.63, 3.8) is 0 Å². The number of rotatable bonds is 2. The van der Waals surface area contributed by atoms with Crippen LogP contribution in [-0.2, 0) is 14.6 Å². The summed E-state index contributed by atoms with van der Waals surface area (Å²) in [6.45, 7) is 0.950. The molecule has 0 radical (unpaired) electrons. The fraction of sp³-hybridized carbons (Fsp3) is 0.857. The van der Waals surface area contributed by atoms with Crippen molar-refractivity contribution in [2.75, 3.05) is 38.2 Å². The Morgan fingerprint density at radius 3 is 2.38 bits per heavy atom. The molecule has 1 fully saturated rings. The van der Waals surface area contributed by atoms with Crippen LogP contribution in [0.15, 0.2) is 0 Å². The molecule has 0 unspecified atom stereocenters. The van der Waals surface area contributed by atoms with Crippen LogP contribution < -0.4 is 5.32 Å². The molecule has 1 saturated heterocycles. The molecule has 0 aromatic rings. The Morgan fingerprint density at radius 2 is 1.92 bits per heavy atom. The maximum absolute atomic E-state index is 11.3. The Balaban J connectivity index is 2.45. The lowest BCUT2D eigenvalue weighted by Gasteiger charge is -2.26. The van der Waals surface area contributed by atoms with Crippen molar-refractivity contribution in [3.05, 3.63) is 0 Å². The third-order valence-electron chi connectivity index (χ3n) is 2.03. The lowest BCUT2D eigenvalue weighted by Crippen LogP contribution is -2.46. The molecule has 1 N–H and O–H groups in total. The highest BCUT2D eigenvalue weighted by Gasteiger charge is 2.24. The number of carbonyl (C=O) groups is 1. The molecule has 76 valence electrons. The minimum absolute atomic E-state index is 0.0302. The number of nitrogens with one attached hydrogen (secondary N) is 1. The zero-order valence-electron chi connectivity index (χ0n) is 7.62. The normalized spacial score (nSPS) is 21.5. The molecule has 0 spiro atoms. The van der Waals surface area contributed by atoms with Gasteiger partial charge in [0.05, 0.1) is 18.1 Å². The molecule has 0 saturated carbocycles. The van der Waals surface area contributed by atoms with Crippen LogP contribution in [0.5, 0.6) is 0 Å². The van der Waals surface area contributed by atoms with Crippen molar-refractivity contribution in [3.8, 4) is 0 Å². The second kappa shape index (κ2) is 4.06. The molecule has 1 amide bonds. The fourth-order valence-electron chi connectivity index (χ4n) is 1.22. The number of hydrogen-bond donors (Lipinski definition) is 1. The minimum atomic E-state index is -2.88. The molecular weight excluding hydrogens is 192 g/mol. The summed E-state index contributed by atoms with van der Waals surface area (Å²) in [6, 6.07) is 0. The summed E-state index contributed by atoms with van der Waals surface area (Å²) in [7, 11) is -1.19. The Bertz CT molecular complexity index is 272. The molecule has 1 rings (SSSR count). The Labute approximate surface area is 78.0 Å². The van der Waals surface area contributed by atoms with Gasteiger partial charge in [0.15, 0.2) is 9.84 Å². The molecule has 0 bridgehead atoms. The fourth-order valence-corrected chi connectivity index (χ4v) is 2.43. The quantitative estimate of drug-likeness (QED) is 0.595. The van der Waals surface area contributed by atoms with Crippen molar-refractivity contribution in [1.29, 1.82) is 0 Å². The number of hydrogen-bond acceptors (Lipinski definition) is 4. The molecule has 1 aliphatic rings. The van der Waals surface area contributed by atoms with Crippen LogP contribution in [-0.4, -0.2) is 57.4 Å². The molecule has 0 atom stereocenters. The summed E-state index contributed by atoms with van der Waals surface area (Å²) in [5, 5.41) is 2.74. The molecule has 13 heavy (non-hydrogen) atoms. The van der Waals surface area contributed by atoms with Crippen LogP contribution in [0.2, 0.25) is 0 Å². The highest BCUT2D eigenvalue weighted by atomic mass is 32.2. The van der Waals surface area contributed by atoms with Gasteiger partial charge in [-0.3, -0.25) is 4.79 Å². The van der Waals surface area contributed by atoms with Gasteiger partial charge in [0.25, 0.3) is 0 Å². The molecule has 5 nitrogen and oxygen atoms in total. The monoisotopic (exact) mass is 206 g/mol. The Morgan fingerprint density at radius 1 is 1.38 bits per heavy atom. The largest absolute Gasteiger partial charge is 0.340 e. The molecule has 1 aliphatic heterocycles. The van der Waals surface area contributed by atoms with Crippen LogP contribution in [0.1, 0.15) is 0 Å². The van der Waals surface area contributed by atoms with Crippen LogP contribution in [0.25, 0.3) is 0 Å². The van der Waals surface area contributed by atoms with Crippen molar-refractivity contribution < 1.29 is 13.2 Å². The van der Waals surface area contributed by atoms with Crippen molar-refractivity contribution in [2.24, 2.45) is 0 Å². The third kappa shape index (κ3) is 2.96. The van der Waals surface area contributed by atoms with Gasteiger partial charge in [0.2, 0.25) is 5.91 Å². The maximum atomic E-state index is 11.3. The zero-order valence-corrected chi connectivity index (χ0v) is 8.43. The Hall–Kier alpha value is -0.620. The lowest BCUT2D eigenvalue weighted by molar-refractivity contribution is -0.129. The molecular formula is C7H14N2O3S. The van der Waals surface area contributed by atoms with Gasteiger partial charge in [0, 0.05) is 13.1 Å². The van der Waals surface area contributed by atoms with E-state index in [-0.39, 0.29) is 24.0 Å². The van der Waals surface area contributed by atoms with E-state index >= 15 is 0 Å². The summed E-state index contributed by atoms with van der Waals surface area (Å²) >= 11 is 0. The number of sulfone groups is 1. The summed E-state index contributed by atoms with van der Waals surface area (Å²) in [6.07, 6.45) is 0. The van der Waals surface area contributed by atoms with Gasteiger partial charge in [-0.15, -0.1) is 0 Å². The predicted molar refractivity (Wildman–Crippen MR) is 49.2 cm³/mol. The van der Waals surface area contributed by atoms with Gasteiger partial charge in [-0.05, 0) is 7.05 Å². The first-order valence-corrected chi connectivity index (χ1v) is 6.00. The molecule has 1 heterocycles. The topological polar surface area (TPSA) is 66.5 Å². The van der Waals surface area contributed by atoms with E-state index in [1.54, 1.807) is 11.9 Å². The number of nitrogens with zero attached hydrogens (tertiary/aromatic N) is 1. The second-order valence-corrected chi connectivity index (χ2v) is 5.37. The van der Waals surface area contributed by atoms with E-state index in [4.69, 9.17) is 0 Å². The Kier molecular flexibility index (Phi) is 3.27. The third-order valence-corrected chi connectivity index (χ3v) is 3.63. The first-order valence-electron chi connectivity index (χ1n) is 4.18. The predicted octanol–water partition coefficient (Wildman–Crippen LogP) is -1.54. The summed E-state index contributed by atoms with van der Waals surface area (Å²) in [5.74, 6) is 0.169. The van der Waals surface area contributed by atoms with Gasteiger partial charge in [0.1, 0.15) is 0 Å². The number of likely N-dealkylation sites (N-methyl/N-ethyl adjacent to an activating group) is 1. The highest BCUT2D eigenvalue weighted by molar-refractivity contribution is 7.91. The number of amides is 1. The van der Waals surface area contributed by atoms with Gasteiger partial charge in [-0.25, -0.2) is 8.42 Å². The van der Waals surface area contributed by atoms with Crippen molar-refractivity contribution in [2.45, 2.75) is 0 Å². The van der Waals surface area contributed by atoms with E-state index in [2.05, 4.69) is 5.32 Å². The van der Waals surface area contributed by atoms with Gasteiger partial charge < -0.3 is 10.2 Å². The molecule has 0 aromatic carbocycles. The second-order valence-electron chi connectivity index (χ2n) is 3.06. The summed E-state index contributed by atoms with van der Waals surface area (Å²) in [4.78, 5) is 12.9. The van der Waals surface area contributed by atoms with Gasteiger partial charge in [-0.2, -0.15) is 0 Å². The first kappa shape index (κ1) is 10.5. The smallest absolute Gasteiger partial charge is 0.236 e. The lowest BCUT2D eigenvalue weighted by atomic mass is 10.4. The standard InChI is InChI=1S/C7H14N2O3S/c1-8-6-7(10)9-2-4-13(11,12)5-3-9/h8H,2-6H2,1H3. The minimum Gasteiger partial charge on any atom is -0.340 e. The maximum Gasteiger partial charge on any atom is 0.236 e. The average Bonchev–Trinajstić information content (AvgIpc) is 2.04. The van der Waals surface area contributed by atoms with E-state index < -0.39 is 9.84 Å². The van der Waals surface area contributed by atoms with Crippen LogP contribution >= 0.6 is 0 Å². The van der Waals surface area contributed by atoms with Gasteiger partial charge >= 0.3 is 0 Å². The molecule has 0 aromatic heterocycles. The summed E-state index contributed by atoms with van der Waals surface area (Å²) < 4.78 is 22.0. The van der Waals surface area contributed by atoms with Crippen molar-refractivity contribution in [1.82, 2.24) is 10.2 Å². The molecule has 6 heteroatoms.